The topological polar surface area (TPSA) is 75.9 Å². The Balaban J connectivity index is 1.44. The Hall–Kier alpha value is -1.79. The molecule has 1 aliphatic carbocycles. The third-order valence-corrected chi connectivity index (χ3v) is 8.45. The fourth-order valence-electron chi connectivity index (χ4n) is 6.01. The molecule has 2 aliphatic heterocycles. The Morgan fingerprint density at radius 3 is 2.36 bits per heavy atom. The Labute approximate surface area is 202 Å². The van der Waals surface area contributed by atoms with E-state index in [1.807, 2.05) is 34.1 Å². The number of hydrogen-bond acceptors (Lipinski definition) is 4. The fourth-order valence-corrected chi connectivity index (χ4v) is 6.14. The summed E-state index contributed by atoms with van der Waals surface area (Å²) in [5, 5.41) is 0.679. The number of cyclic esters (lactones) is 1. The van der Waals surface area contributed by atoms with E-state index in [0.717, 1.165) is 24.9 Å². The molecule has 4 rings (SSSR count). The second-order valence-corrected chi connectivity index (χ2v) is 11.3. The zero-order chi connectivity index (χ0) is 23.6. The number of nitrogens with zero attached hydrogens (tertiary/aromatic N) is 2. The molecule has 3 aliphatic rings. The van der Waals surface area contributed by atoms with Crippen molar-refractivity contribution >= 4 is 23.6 Å². The number of nitrogens with two attached hydrogens (primary N) is 1. The highest BCUT2D eigenvalue weighted by Crippen LogP contribution is 2.47. The highest BCUT2D eigenvalue weighted by atomic mass is 35.5. The van der Waals surface area contributed by atoms with Crippen molar-refractivity contribution in [2.45, 2.75) is 76.8 Å². The first-order chi connectivity index (χ1) is 15.7. The number of rotatable bonds is 6. The molecule has 1 unspecified atom stereocenters. The lowest BCUT2D eigenvalue weighted by atomic mass is 9.63. The summed E-state index contributed by atoms with van der Waals surface area (Å²) < 4.78 is 5.41. The lowest BCUT2D eigenvalue weighted by Crippen LogP contribution is -2.56. The van der Waals surface area contributed by atoms with Gasteiger partial charge < -0.3 is 15.4 Å². The van der Waals surface area contributed by atoms with Gasteiger partial charge in [-0.25, -0.2) is 4.79 Å². The van der Waals surface area contributed by atoms with Crippen molar-refractivity contribution in [3.8, 4) is 0 Å². The first-order valence-corrected chi connectivity index (χ1v) is 12.8. The molecule has 3 fully saturated rings. The smallest absolute Gasteiger partial charge is 0.410 e. The van der Waals surface area contributed by atoms with E-state index in [-0.39, 0.29) is 23.0 Å². The van der Waals surface area contributed by atoms with Crippen molar-refractivity contribution in [1.82, 2.24) is 9.80 Å². The van der Waals surface area contributed by atoms with E-state index < -0.39 is 6.04 Å². The van der Waals surface area contributed by atoms with Crippen molar-refractivity contribution in [2.24, 2.45) is 17.1 Å². The Kier molecular flexibility index (Phi) is 7.25. The highest BCUT2D eigenvalue weighted by Gasteiger charge is 2.49. The minimum atomic E-state index is -0.555. The molecular formula is C26H38ClN3O3. The van der Waals surface area contributed by atoms with Crippen LogP contribution in [0.5, 0.6) is 0 Å². The summed E-state index contributed by atoms with van der Waals surface area (Å²) >= 11 is 5.97. The number of halogens is 1. The summed E-state index contributed by atoms with van der Waals surface area (Å²) in [6.07, 6.45) is 8.39. The summed E-state index contributed by atoms with van der Waals surface area (Å²) in [5.74, 6) is 0.610. The van der Waals surface area contributed by atoms with E-state index in [1.54, 1.807) is 0 Å². The number of ether oxygens (including phenoxy) is 1. The maximum atomic E-state index is 13.1. The van der Waals surface area contributed by atoms with Crippen molar-refractivity contribution in [3.63, 3.8) is 0 Å². The third kappa shape index (κ3) is 5.32. The highest BCUT2D eigenvalue weighted by molar-refractivity contribution is 6.30. The normalized spacial score (nSPS) is 23.9. The van der Waals surface area contributed by atoms with Gasteiger partial charge in [0.15, 0.2) is 0 Å². The lowest BCUT2D eigenvalue weighted by Gasteiger charge is -2.50. The van der Waals surface area contributed by atoms with Crippen LogP contribution in [0.15, 0.2) is 24.3 Å². The summed E-state index contributed by atoms with van der Waals surface area (Å²) in [7, 11) is 0. The fraction of sp³-hybridized carbons (Fsp3) is 0.692. The molecule has 0 spiro atoms. The van der Waals surface area contributed by atoms with Crippen molar-refractivity contribution in [1.29, 1.82) is 0 Å². The van der Waals surface area contributed by atoms with Crippen molar-refractivity contribution in [2.75, 3.05) is 26.2 Å². The van der Waals surface area contributed by atoms with Gasteiger partial charge in [0, 0.05) is 24.7 Å². The monoisotopic (exact) mass is 475 g/mol. The molecular weight excluding hydrogens is 438 g/mol. The van der Waals surface area contributed by atoms with Crippen LogP contribution in [-0.4, -0.2) is 59.6 Å². The van der Waals surface area contributed by atoms with Crippen LogP contribution in [0.4, 0.5) is 4.79 Å². The van der Waals surface area contributed by atoms with Gasteiger partial charge in [0.25, 0.3) is 0 Å². The number of hydrogen-bond donors (Lipinski definition) is 1. The van der Waals surface area contributed by atoms with Crippen LogP contribution < -0.4 is 5.73 Å². The largest absolute Gasteiger partial charge is 0.447 e. The van der Waals surface area contributed by atoms with Gasteiger partial charge in [-0.2, -0.15) is 0 Å². The van der Waals surface area contributed by atoms with Gasteiger partial charge in [-0.3, -0.25) is 9.69 Å². The van der Waals surface area contributed by atoms with Crippen LogP contribution in [0, 0.1) is 11.3 Å². The Morgan fingerprint density at radius 1 is 1.15 bits per heavy atom. The first kappa shape index (κ1) is 24.3. The summed E-state index contributed by atoms with van der Waals surface area (Å²) in [6, 6.07) is 6.96. The molecule has 1 saturated carbocycles. The van der Waals surface area contributed by atoms with E-state index in [4.69, 9.17) is 22.1 Å². The van der Waals surface area contributed by atoms with Crippen LogP contribution in [-0.2, 0) is 16.0 Å². The predicted octanol–water partition coefficient (Wildman–Crippen LogP) is 4.63. The molecule has 0 radical (unpaired) electrons. The molecule has 0 aromatic heterocycles. The number of piperidine rings is 1. The standard InChI is InChI=1S/C26H38ClN3O3/c1-25(2)18-33-24(32)30(25)17-26(20-6-4-3-5-7-20)12-14-29(15-13-26)23(31)22(28)16-19-8-10-21(27)11-9-19/h8-11,20,22H,3-7,12-18,28H2,1-2H3. The van der Waals surface area contributed by atoms with E-state index in [9.17, 15) is 9.59 Å². The molecule has 6 nitrogen and oxygen atoms in total. The second kappa shape index (κ2) is 9.83. The number of carbonyl (C=O) groups is 2. The number of benzene rings is 1. The molecule has 7 heteroatoms. The molecule has 0 bridgehead atoms. The van der Waals surface area contributed by atoms with E-state index >= 15 is 0 Å². The van der Waals surface area contributed by atoms with Crippen LogP contribution in [0.1, 0.15) is 64.4 Å². The van der Waals surface area contributed by atoms with Gasteiger partial charge in [-0.15, -0.1) is 0 Å². The van der Waals surface area contributed by atoms with E-state index in [1.165, 1.54) is 32.1 Å². The zero-order valence-corrected chi connectivity index (χ0v) is 20.8. The van der Waals surface area contributed by atoms with Crippen LogP contribution in [0.2, 0.25) is 5.02 Å². The minimum Gasteiger partial charge on any atom is -0.447 e. The van der Waals surface area contributed by atoms with Crippen LogP contribution in [0.25, 0.3) is 0 Å². The van der Waals surface area contributed by atoms with Crippen molar-refractivity contribution in [3.05, 3.63) is 34.9 Å². The van der Waals surface area contributed by atoms with E-state index in [2.05, 4.69) is 13.8 Å². The number of likely N-dealkylation sites (tertiary alicyclic amines) is 1. The molecule has 1 atom stereocenters. The average Bonchev–Trinajstić information content (AvgIpc) is 3.07. The Morgan fingerprint density at radius 2 is 1.79 bits per heavy atom. The third-order valence-electron chi connectivity index (χ3n) is 8.20. The Bertz CT molecular complexity index is 843. The molecule has 2 heterocycles. The summed E-state index contributed by atoms with van der Waals surface area (Å²) in [6.45, 7) is 6.74. The summed E-state index contributed by atoms with van der Waals surface area (Å²) in [5.41, 5.74) is 7.09. The quantitative estimate of drug-likeness (QED) is 0.650. The SMILES string of the molecule is CC1(C)COC(=O)N1CC1(C2CCCCC2)CCN(C(=O)C(N)Cc2ccc(Cl)cc2)CC1. The first-order valence-electron chi connectivity index (χ1n) is 12.4. The number of amides is 2. The van der Waals surface area contributed by atoms with Crippen molar-refractivity contribution < 1.29 is 14.3 Å². The van der Waals surface area contributed by atoms with Gasteiger partial charge in [0.05, 0.1) is 11.6 Å². The maximum Gasteiger partial charge on any atom is 0.410 e. The molecule has 2 saturated heterocycles. The molecule has 1 aromatic carbocycles. The molecule has 33 heavy (non-hydrogen) atoms. The summed E-state index contributed by atoms with van der Waals surface area (Å²) in [4.78, 5) is 29.6. The zero-order valence-electron chi connectivity index (χ0n) is 20.0. The molecule has 1 aromatic rings. The van der Waals surface area contributed by atoms with E-state index in [0.29, 0.717) is 37.1 Å². The minimum absolute atomic E-state index is 0.0168. The van der Waals surface area contributed by atoms with Gasteiger partial charge in [0.2, 0.25) is 5.91 Å². The van der Waals surface area contributed by atoms with Gasteiger partial charge in [-0.1, -0.05) is 43.0 Å². The lowest BCUT2D eigenvalue weighted by molar-refractivity contribution is -0.136. The van der Waals surface area contributed by atoms with Gasteiger partial charge in [-0.05, 0) is 75.0 Å². The van der Waals surface area contributed by atoms with Crippen LogP contribution >= 0.6 is 11.6 Å². The number of carbonyl (C=O) groups excluding carboxylic acids is 2. The molecule has 2 amide bonds. The second-order valence-electron chi connectivity index (χ2n) is 10.9. The average molecular weight is 476 g/mol. The van der Waals surface area contributed by atoms with Crippen LogP contribution in [0.3, 0.4) is 0 Å². The molecule has 2 N–H and O–H groups in total. The molecule has 182 valence electrons. The predicted molar refractivity (Wildman–Crippen MR) is 130 cm³/mol. The van der Waals surface area contributed by atoms with Gasteiger partial charge in [0.1, 0.15) is 6.61 Å². The maximum absolute atomic E-state index is 13.1. The van der Waals surface area contributed by atoms with Gasteiger partial charge >= 0.3 is 6.09 Å².